The summed E-state index contributed by atoms with van der Waals surface area (Å²) in [6, 6.07) is 4.11. The summed E-state index contributed by atoms with van der Waals surface area (Å²) in [6.45, 7) is 7.77. The molecule has 3 nitrogen and oxygen atoms in total. The van der Waals surface area contributed by atoms with Gasteiger partial charge in [-0.1, -0.05) is 13.0 Å². The van der Waals surface area contributed by atoms with Crippen molar-refractivity contribution in [3.63, 3.8) is 0 Å². The Balaban J connectivity index is 2.49. The monoisotopic (exact) mass is 222 g/mol. The molecule has 0 aromatic carbocycles. The molecule has 0 spiro atoms. The van der Waals surface area contributed by atoms with E-state index in [2.05, 4.69) is 37.1 Å². The Morgan fingerprint density at radius 2 is 2.12 bits per heavy atom. The Morgan fingerprint density at radius 3 is 2.62 bits per heavy atom. The highest BCUT2D eigenvalue weighted by molar-refractivity contribution is 5.13. The molecule has 0 saturated carbocycles. The molecule has 1 rings (SSSR count). The molecule has 0 aliphatic heterocycles. The lowest BCUT2D eigenvalue weighted by Gasteiger charge is -2.23. The van der Waals surface area contributed by atoms with E-state index in [1.165, 1.54) is 5.56 Å². The van der Waals surface area contributed by atoms with E-state index in [1.54, 1.807) is 0 Å². The van der Waals surface area contributed by atoms with Crippen molar-refractivity contribution in [1.29, 1.82) is 0 Å². The van der Waals surface area contributed by atoms with Gasteiger partial charge in [0.05, 0.1) is 17.9 Å². The van der Waals surface area contributed by atoms with E-state index in [9.17, 15) is 0 Å². The molecule has 16 heavy (non-hydrogen) atoms. The van der Waals surface area contributed by atoms with Crippen LogP contribution < -0.4 is 5.32 Å². The molecule has 0 saturated heterocycles. The maximum atomic E-state index is 5.79. The first-order valence-corrected chi connectivity index (χ1v) is 5.80. The fourth-order valence-electron chi connectivity index (χ4n) is 1.22. The van der Waals surface area contributed by atoms with Crippen LogP contribution in [-0.4, -0.2) is 17.6 Å². The van der Waals surface area contributed by atoms with Crippen LogP contribution in [0.25, 0.3) is 0 Å². The molecule has 0 aliphatic carbocycles. The zero-order valence-electron chi connectivity index (χ0n) is 10.7. The van der Waals surface area contributed by atoms with Crippen molar-refractivity contribution in [2.75, 3.05) is 7.05 Å². The van der Waals surface area contributed by atoms with Crippen LogP contribution in [0.1, 0.15) is 38.4 Å². The smallest absolute Gasteiger partial charge is 0.0895 e. The molecule has 0 fully saturated rings. The van der Waals surface area contributed by atoms with E-state index in [0.717, 1.165) is 18.7 Å². The van der Waals surface area contributed by atoms with Gasteiger partial charge in [-0.2, -0.15) is 0 Å². The Kier molecular flexibility index (Phi) is 4.90. The average Bonchev–Trinajstić information content (AvgIpc) is 2.29. The second-order valence-electron chi connectivity index (χ2n) is 4.59. The van der Waals surface area contributed by atoms with Gasteiger partial charge in [-0.15, -0.1) is 0 Å². The zero-order valence-corrected chi connectivity index (χ0v) is 10.7. The largest absolute Gasteiger partial charge is 0.369 e. The van der Waals surface area contributed by atoms with Gasteiger partial charge >= 0.3 is 0 Å². The third-order valence-corrected chi connectivity index (χ3v) is 2.73. The van der Waals surface area contributed by atoms with Crippen LogP contribution in [-0.2, 0) is 17.9 Å². The van der Waals surface area contributed by atoms with Crippen molar-refractivity contribution < 1.29 is 4.74 Å². The van der Waals surface area contributed by atoms with Crippen LogP contribution in [0.3, 0.4) is 0 Å². The van der Waals surface area contributed by atoms with Crippen molar-refractivity contribution in [2.24, 2.45) is 0 Å². The molecular formula is C13H22N2O. The minimum atomic E-state index is -0.0642. The van der Waals surface area contributed by atoms with Gasteiger partial charge in [0.2, 0.25) is 0 Å². The minimum absolute atomic E-state index is 0.0642. The molecule has 3 heteroatoms. The fourth-order valence-corrected chi connectivity index (χ4v) is 1.22. The average molecular weight is 222 g/mol. The molecular weight excluding hydrogens is 200 g/mol. The summed E-state index contributed by atoms with van der Waals surface area (Å²) < 4.78 is 5.79. The number of aromatic nitrogens is 1. The lowest BCUT2D eigenvalue weighted by Crippen LogP contribution is -2.22. The molecule has 0 atom stereocenters. The number of hydrogen-bond acceptors (Lipinski definition) is 3. The van der Waals surface area contributed by atoms with Gasteiger partial charge in [0.25, 0.3) is 0 Å². The Labute approximate surface area is 98.2 Å². The van der Waals surface area contributed by atoms with Crippen molar-refractivity contribution in [3.8, 4) is 0 Å². The molecule has 0 aliphatic rings. The summed E-state index contributed by atoms with van der Waals surface area (Å²) in [5.74, 6) is 0. The Morgan fingerprint density at radius 1 is 1.38 bits per heavy atom. The minimum Gasteiger partial charge on any atom is -0.369 e. The van der Waals surface area contributed by atoms with E-state index in [4.69, 9.17) is 4.74 Å². The molecule has 0 amide bonds. The zero-order chi connectivity index (χ0) is 12.0. The molecule has 1 aromatic heterocycles. The van der Waals surface area contributed by atoms with E-state index in [1.807, 2.05) is 19.3 Å². The van der Waals surface area contributed by atoms with Gasteiger partial charge in [0.15, 0.2) is 0 Å². The van der Waals surface area contributed by atoms with Crippen LogP contribution in [0.2, 0.25) is 0 Å². The number of ether oxygens (including phenoxy) is 1. The predicted octanol–water partition coefficient (Wildman–Crippen LogP) is 2.51. The summed E-state index contributed by atoms with van der Waals surface area (Å²) in [5, 5.41) is 3.10. The molecule has 0 bridgehead atoms. The first-order chi connectivity index (χ1) is 7.57. The van der Waals surface area contributed by atoms with E-state index < -0.39 is 0 Å². The maximum Gasteiger partial charge on any atom is 0.0895 e. The van der Waals surface area contributed by atoms with Crippen LogP contribution in [0.15, 0.2) is 18.3 Å². The number of rotatable bonds is 6. The summed E-state index contributed by atoms with van der Waals surface area (Å²) >= 11 is 0. The normalized spacial score (nSPS) is 11.8. The van der Waals surface area contributed by atoms with E-state index >= 15 is 0 Å². The van der Waals surface area contributed by atoms with Gasteiger partial charge in [0, 0.05) is 12.7 Å². The molecule has 0 unspecified atom stereocenters. The first kappa shape index (κ1) is 13.1. The van der Waals surface area contributed by atoms with Crippen molar-refractivity contribution >= 4 is 0 Å². The topological polar surface area (TPSA) is 34.1 Å². The highest BCUT2D eigenvalue weighted by Gasteiger charge is 2.15. The van der Waals surface area contributed by atoms with Crippen molar-refractivity contribution in [2.45, 2.75) is 45.9 Å². The summed E-state index contributed by atoms with van der Waals surface area (Å²) in [6.07, 6.45) is 2.90. The quantitative estimate of drug-likeness (QED) is 0.803. The number of nitrogens with one attached hydrogen (secondary N) is 1. The molecule has 1 N–H and O–H groups in total. The number of nitrogens with zero attached hydrogens (tertiary/aromatic N) is 1. The van der Waals surface area contributed by atoms with Crippen LogP contribution in [0.4, 0.5) is 0 Å². The highest BCUT2D eigenvalue weighted by Crippen LogP contribution is 2.15. The molecule has 90 valence electrons. The highest BCUT2D eigenvalue weighted by atomic mass is 16.5. The fraction of sp³-hybridized carbons (Fsp3) is 0.615. The third kappa shape index (κ3) is 4.29. The second-order valence-corrected chi connectivity index (χ2v) is 4.59. The predicted molar refractivity (Wildman–Crippen MR) is 66.2 cm³/mol. The van der Waals surface area contributed by atoms with Crippen molar-refractivity contribution in [3.05, 3.63) is 29.6 Å². The Hall–Kier alpha value is -0.930. The molecule has 0 radical (unpaired) electrons. The van der Waals surface area contributed by atoms with Gasteiger partial charge in [-0.3, -0.25) is 4.98 Å². The maximum absolute atomic E-state index is 5.79. The van der Waals surface area contributed by atoms with Gasteiger partial charge in [-0.05, 0) is 38.9 Å². The lowest BCUT2D eigenvalue weighted by atomic mass is 10.1. The summed E-state index contributed by atoms with van der Waals surface area (Å²) in [5.41, 5.74) is 2.12. The number of hydrogen-bond donors (Lipinski definition) is 1. The van der Waals surface area contributed by atoms with Crippen LogP contribution in [0.5, 0.6) is 0 Å². The van der Waals surface area contributed by atoms with Gasteiger partial charge in [-0.25, -0.2) is 0 Å². The second kappa shape index (κ2) is 5.97. The van der Waals surface area contributed by atoms with Gasteiger partial charge < -0.3 is 10.1 Å². The van der Waals surface area contributed by atoms with Crippen LogP contribution in [0, 0.1) is 0 Å². The first-order valence-electron chi connectivity index (χ1n) is 5.80. The van der Waals surface area contributed by atoms with E-state index in [-0.39, 0.29) is 5.60 Å². The van der Waals surface area contributed by atoms with Crippen LogP contribution >= 0.6 is 0 Å². The molecule has 1 heterocycles. The lowest BCUT2D eigenvalue weighted by molar-refractivity contribution is -0.0330. The van der Waals surface area contributed by atoms with Gasteiger partial charge in [0.1, 0.15) is 0 Å². The third-order valence-electron chi connectivity index (χ3n) is 2.73. The molecule has 1 aromatic rings. The summed E-state index contributed by atoms with van der Waals surface area (Å²) in [4.78, 5) is 4.37. The Bertz CT molecular complexity index is 306. The van der Waals surface area contributed by atoms with Crippen molar-refractivity contribution in [1.82, 2.24) is 10.3 Å². The van der Waals surface area contributed by atoms with E-state index in [0.29, 0.717) is 6.61 Å². The standard InChI is InChI=1S/C13H22N2O/c1-5-13(2,3)16-10-12-7-6-11(8-14-4)9-15-12/h6-7,9,14H,5,8,10H2,1-4H3. The number of pyridine rings is 1. The summed E-state index contributed by atoms with van der Waals surface area (Å²) in [7, 11) is 1.93. The SMILES string of the molecule is CCC(C)(C)OCc1ccc(CNC)cn1.